The van der Waals surface area contributed by atoms with Crippen molar-refractivity contribution in [3.05, 3.63) is 65.7 Å². The minimum Gasteiger partial charge on any atom is -0.490 e. The molecule has 132 valence electrons. The van der Waals surface area contributed by atoms with Crippen LogP contribution in [0.3, 0.4) is 0 Å². The molecule has 0 radical (unpaired) electrons. The monoisotopic (exact) mass is 348 g/mol. The van der Waals surface area contributed by atoms with E-state index in [4.69, 9.17) is 9.47 Å². The van der Waals surface area contributed by atoms with Gasteiger partial charge >= 0.3 is 5.97 Å². The molecule has 2 aromatic rings. The molecule has 2 aromatic carbocycles. The average molecular weight is 348 g/mol. The normalized spacial score (nSPS) is 11.6. The van der Waals surface area contributed by atoms with Gasteiger partial charge in [0.2, 0.25) is 0 Å². The molecule has 0 amide bonds. The van der Waals surface area contributed by atoms with E-state index in [1.807, 2.05) is 0 Å². The van der Waals surface area contributed by atoms with Crippen molar-refractivity contribution >= 4 is 11.8 Å². The lowest BCUT2D eigenvalue weighted by Crippen LogP contribution is -2.22. The predicted octanol–water partition coefficient (Wildman–Crippen LogP) is 3.94. The highest BCUT2D eigenvalue weighted by atomic mass is 19.1. The summed E-state index contributed by atoms with van der Waals surface area (Å²) in [5.74, 6) is -1.30. The molecule has 0 bridgehead atoms. The Kier molecular flexibility index (Phi) is 6.62. The van der Waals surface area contributed by atoms with Crippen LogP contribution in [-0.2, 0) is 9.53 Å². The molecule has 1 unspecified atom stereocenters. The van der Waals surface area contributed by atoms with Crippen molar-refractivity contribution in [3.8, 4) is 5.75 Å². The van der Waals surface area contributed by atoms with Crippen molar-refractivity contribution in [2.75, 3.05) is 6.61 Å². The Morgan fingerprint density at radius 3 is 2.40 bits per heavy atom. The largest absolute Gasteiger partial charge is 0.490 e. The molecule has 0 saturated heterocycles. The van der Waals surface area contributed by atoms with Gasteiger partial charge in [-0.15, -0.1) is 0 Å². The van der Waals surface area contributed by atoms with E-state index in [1.165, 1.54) is 42.5 Å². The number of benzene rings is 2. The van der Waals surface area contributed by atoms with Gasteiger partial charge in [0.15, 0.2) is 5.78 Å². The third-order valence-corrected chi connectivity index (χ3v) is 3.34. The summed E-state index contributed by atoms with van der Waals surface area (Å²) in [7, 11) is 0. The van der Waals surface area contributed by atoms with Crippen LogP contribution in [0.25, 0.3) is 0 Å². The summed E-state index contributed by atoms with van der Waals surface area (Å²) in [6, 6.07) is 10.8. The van der Waals surface area contributed by atoms with Crippen molar-refractivity contribution in [1.29, 1.82) is 0 Å². The molecule has 2 rings (SSSR count). The molecule has 25 heavy (non-hydrogen) atoms. The maximum absolute atomic E-state index is 13.0. The molecule has 1 atom stereocenters. The predicted molar refractivity (Wildman–Crippen MR) is 87.4 cm³/mol. The minimum absolute atomic E-state index is 0.0259. The zero-order valence-corrected chi connectivity index (χ0v) is 13.7. The van der Waals surface area contributed by atoms with Gasteiger partial charge in [-0.05, 0) is 43.3 Å². The number of hydrogen-bond donors (Lipinski definition) is 0. The number of rotatable bonds is 8. The number of carbonyl (C=O) groups is 2. The molecule has 0 heterocycles. The average Bonchev–Trinajstić information content (AvgIpc) is 2.58. The highest BCUT2D eigenvalue weighted by Gasteiger charge is 2.14. The molecule has 4 nitrogen and oxygen atoms in total. The molecule has 0 saturated carbocycles. The summed E-state index contributed by atoms with van der Waals surface area (Å²) in [5.41, 5.74) is 0.344. The first-order valence-electron chi connectivity index (χ1n) is 7.80. The van der Waals surface area contributed by atoms with Gasteiger partial charge in [0.05, 0.1) is 6.42 Å². The highest BCUT2D eigenvalue weighted by molar-refractivity contribution is 5.97. The number of esters is 1. The number of ether oxygens (including phenoxy) is 2. The molecular weight excluding hydrogens is 330 g/mol. The van der Waals surface area contributed by atoms with Crippen LogP contribution in [0.15, 0.2) is 48.5 Å². The second kappa shape index (κ2) is 8.92. The third-order valence-electron chi connectivity index (χ3n) is 3.34. The van der Waals surface area contributed by atoms with Gasteiger partial charge in [0, 0.05) is 18.1 Å². The molecule has 6 heteroatoms. The Balaban J connectivity index is 1.72. The van der Waals surface area contributed by atoms with Crippen LogP contribution >= 0.6 is 0 Å². The van der Waals surface area contributed by atoms with E-state index in [-0.39, 0.29) is 25.2 Å². The molecule has 0 spiro atoms. The highest BCUT2D eigenvalue weighted by Crippen LogP contribution is 2.13. The van der Waals surface area contributed by atoms with Gasteiger partial charge in [-0.2, -0.15) is 0 Å². The lowest BCUT2D eigenvalue weighted by atomic mass is 10.1. The second-order valence-electron chi connectivity index (χ2n) is 5.50. The Morgan fingerprint density at radius 2 is 1.72 bits per heavy atom. The van der Waals surface area contributed by atoms with Gasteiger partial charge in [-0.25, -0.2) is 8.78 Å². The fourth-order valence-corrected chi connectivity index (χ4v) is 2.08. The van der Waals surface area contributed by atoms with Crippen molar-refractivity contribution in [1.82, 2.24) is 0 Å². The molecule has 0 aliphatic carbocycles. The number of hydrogen-bond acceptors (Lipinski definition) is 4. The quantitative estimate of drug-likeness (QED) is 0.536. The molecule has 0 aliphatic rings. The number of carbonyl (C=O) groups excluding carboxylic acids is 2. The Morgan fingerprint density at radius 1 is 1.00 bits per heavy atom. The maximum Gasteiger partial charge on any atom is 0.306 e. The Labute approximate surface area is 144 Å². The van der Waals surface area contributed by atoms with Crippen LogP contribution in [0.5, 0.6) is 5.75 Å². The molecule has 0 fully saturated rings. The van der Waals surface area contributed by atoms with Crippen LogP contribution in [0, 0.1) is 11.6 Å². The lowest BCUT2D eigenvalue weighted by Gasteiger charge is -2.14. The van der Waals surface area contributed by atoms with Gasteiger partial charge in [0.1, 0.15) is 30.1 Å². The second-order valence-corrected chi connectivity index (χ2v) is 5.50. The summed E-state index contributed by atoms with van der Waals surface area (Å²) < 4.78 is 36.3. The van der Waals surface area contributed by atoms with E-state index in [9.17, 15) is 18.4 Å². The Hall–Kier alpha value is -2.76. The summed E-state index contributed by atoms with van der Waals surface area (Å²) in [6.45, 7) is 1.71. The zero-order chi connectivity index (χ0) is 18.2. The fraction of sp³-hybridized carbons (Fsp3) is 0.263. The minimum atomic E-state index is -0.545. The van der Waals surface area contributed by atoms with Crippen LogP contribution in [0.1, 0.15) is 30.1 Å². The van der Waals surface area contributed by atoms with Crippen molar-refractivity contribution in [2.24, 2.45) is 0 Å². The van der Waals surface area contributed by atoms with Crippen LogP contribution in [-0.4, -0.2) is 24.5 Å². The first-order chi connectivity index (χ1) is 11.9. The van der Waals surface area contributed by atoms with E-state index in [0.717, 1.165) is 0 Å². The first-order valence-corrected chi connectivity index (χ1v) is 7.80. The van der Waals surface area contributed by atoms with Gasteiger partial charge in [-0.3, -0.25) is 9.59 Å². The van der Waals surface area contributed by atoms with E-state index >= 15 is 0 Å². The van der Waals surface area contributed by atoms with E-state index in [2.05, 4.69) is 0 Å². The van der Waals surface area contributed by atoms with E-state index < -0.39 is 23.7 Å². The van der Waals surface area contributed by atoms with Crippen molar-refractivity contribution in [3.63, 3.8) is 0 Å². The number of ketones is 1. The van der Waals surface area contributed by atoms with Crippen molar-refractivity contribution in [2.45, 2.75) is 25.9 Å². The molecule has 0 aliphatic heterocycles. The number of halogens is 2. The van der Waals surface area contributed by atoms with Gasteiger partial charge in [0.25, 0.3) is 0 Å². The van der Waals surface area contributed by atoms with Crippen molar-refractivity contribution < 1.29 is 27.8 Å². The molecule has 0 aromatic heterocycles. The number of Topliss-reactive ketones (excluding diaryl/α,β-unsaturated/α-hetero) is 1. The summed E-state index contributed by atoms with van der Waals surface area (Å²) in [6.07, 6.45) is -0.653. The van der Waals surface area contributed by atoms with Gasteiger partial charge < -0.3 is 9.47 Å². The summed E-state index contributed by atoms with van der Waals surface area (Å²) in [4.78, 5) is 23.7. The summed E-state index contributed by atoms with van der Waals surface area (Å²) >= 11 is 0. The van der Waals surface area contributed by atoms with E-state index in [0.29, 0.717) is 11.3 Å². The lowest BCUT2D eigenvalue weighted by molar-refractivity contribution is -0.149. The fourth-order valence-electron chi connectivity index (χ4n) is 2.08. The Bertz CT molecular complexity index is 728. The van der Waals surface area contributed by atoms with Crippen LogP contribution in [0.4, 0.5) is 8.78 Å². The topological polar surface area (TPSA) is 52.6 Å². The maximum atomic E-state index is 13.0. The standard InChI is InChI=1S/C19H18F2O4/c1-13(12-24-17-4-2-3-16(21)11-17)25-19(23)10-9-18(22)14-5-7-15(20)8-6-14/h2-8,11,13H,9-10,12H2,1H3. The van der Waals surface area contributed by atoms with Crippen LogP contribution in [0.2, 0.25) is 0 Å². The zero-order valence-electron chi connectivity index (χ0n) is 13.7. The molecular formula is C19H18F2O4. The third kappa shape index (κ3) is 6.33. The molecule has 0 N–H and O–H groups in total. The van der Waals surface area contributed by atoms with Gasteiger partial charge in [-0.1, -0.05) is 6.07 Å². The van der Waals surface area contributed by atoms with Crippen LogP contribution < -0.4 is 4.74 Å². The SMILES string of the molecule is CC(COc1cccc(F)c1)OC(=O)CCC(=O)c1ccc(F)cc1. The van der Waals surface area contributed by atoms with E-state index in [1.54, 1.807) is 13.0 Å². The first kappa shape index (κ1) is 18.6. The smallest absolute Gasteiger partial charge is 0.306 e. The summed E-state index contributed by atoms with van der Waals surface area (Å²) in [5, 5.41) is 0.